The molecule has 0 bridgehead atoms. The number of benzene rings is 1. The molecule has 0 fully saturated rings. The number of aliphatic hydroxyl groups is 1. The van der Waals surface area contributed by atoms with Gasteiger partial charge in [-0.3, -0.25) is 0 Å². The fourth-order valence-electron chi connectivity index (χ4n) is 1.61. The lowest BCUT2D eigenvalue weighted by molar-refractivity contribution is 0.0717. The lowest BCUT2D eigenvalue weighted by Gasteiger charge is -2.22. The number of halogens is 2. The maximum absolute atomic E-state index is 9.86. The molecule has 102 valence electrons. The average molecular weight is 292 g/mol. The molecule has 0 aliphatic carbocycles. The molecule has 5 heteroatoms. The predicted molar refractivity (Wildman–Crippen MR) is 75.8 cm³/mol. The van der Waals surface area contributed by atoms with Crippen molar-refractivity contribution in [2.24, 2.45) is 0 Å². The number of nitrogens with zero attached hydrogens (tertiary/aromatic N) is 1. The molecule has 3 nitrogen and oxygen atoms in total. The first-order valence-corrected chi connectivity index (χ1v) is 6.80. The fraction of sp³-hybridized carbons (Fsp3) is 0.538. The zero-order valence-corrected chi connectivity index (χ0v) is 12.2. The quantitative estimate of drug-likeness (QED) is 0.838. The first kappa shape index (κ1) is 15.6. The number of aliphatic hydroxyl groups excluding tert-OH is 1. The second-order valence-corrected chi connectivity index (χ2v) is 4.87. The molecule has 0 heterocycles. The maximum Gasteiger partial charge on any atom is 0.139 e. The van der Waals surface area contributed by atoms with Crippen molar-refractivity contribution in [3.8, 4) is 5.75 Å². The third kappa shape index (κ3) is 5.02. The molecule has 0 spiro atoms. The van der Waals surface area contributed by atoms with E-state index in [1.807, 2.05) is 0 Å². The maximum atomic E-state index is 9.86. The third-order valence-electron chi connectivity index (χ3n) is 2.69. The smallest absolute Gasteiger partial charge is 0.139 e. The Hall–Kier alpha value is -0.480. The normalized spacial score (nSPS) is 12.8. The standard InChI is InChI=1S/C13H19Cl2NO2/c1-3-16(4-2)8-11(17)9-18-13-7-10(14)5-6-12(13)15/h5-7,11,17H,3-4,8-9H2,1-2H3/t11-/m0/s1. The predicted octanol–water partition coefficient (Wildman–Crippen LogP) is 3.07. The van der Waals surface area contributed by atoms with Crippen molar-refractivity contribution < 1.29 is 9.84 Å². The molecule has 1 atom stereocenters. The summed E-state index contributed by atoms with van der Waals surface area (Å²) in [5, 5.41) is 10.9. The summed E-state index contributed by atoms with van der Waals surface area (Å²) in [7, 11) is 0. The molecular formula is C13H19Cl2NO2. The van der Waals surface area contributed by atoms with Gasteiger partial charge < -0.3 is 14.7 Å². The summed E-state index contributed by atoms with van der Waals surface area (Å²) in [6, 6.07) is 5.02. The van der Waals surface area contributed by atoms with Crippen LogP contribution in [0.2, 0.25) is 10.0 Å². The van der Waals surface area contributed by atoms with Gasteiger partial charge in [0, 0.05) is 17.6 Å². The van der Waals surface area contributed by atoms with E-state index in [9.17, 15) is 5.11 Å². The van der Waals surface area contributed by atoms with Gasteiger partial charge in [-0.05, 0) is 25.2 Å². The molecule has 1 rings (SSSR count). The van der Waals surface area contributed by atoms with Gasteiger partial charge in [-0.25, -0.2) is 0 Å². The highest BCUT2D eigenvalue weighted by Crippen LogP contribution is 2.27. The van der Waals surface area contributed by atoms with Crippen LogP contribution in [-0.4, -0.2) is 42.4 Å². The Balaban J connectivity index is 2.46. The van der Waals surface area contributed by atoms with Crippen LogP contribution < -0.4 is 4.74 Å². The minimum absolute atomic E-state index is 0.205. The van der Waals surface area contributed by atoms with Gasteiger partial charge in [0.05, 0.1) is 5.02 Å². The van der Waals surface area contributed by atoms with Gasteiger partial charge in [0.1, 0.15) is 18.5 Å². The van der Waals surface area contributed by atoms with Gasteiger partial charge in [0.25, 0.3) is 0 Å². The molecule has 0 radical (unpaired) electrons. The van der Waals surface area contributed by atoms with Crippen LogP contribution in [0.5, 0.6) is 5.75 Å². The monoisotopic (exact) mass is 291 g/mol. The second-order valence-electron chi connectivity index (χ2n) is 4.03. The summed E-state index contributed by atoms with van der Waals surface area (Å²) < 4.78 is 5.48. The summed E-state index contributed by atoms with van der Waals surface area (Å²) in [4.78, 5) is 2.13. The minimum atomic E-state index is -0.542. The Morgan fingerprint density at radius 2 is 1.94 bits per heavy atom. The highest BCUT2D eigenvalue weighted by molar-refractivity contribution is 6.34. The Kier molecular flexibility index (Phi) is 6.79. The molecular weight excluding hydrogens is 273 g/mol. The van der Waals surface area contributed by atoms with E-state index in [0.29, 0.717) is 22.3 Å². The first-order valence-electron chi connectivity index (χ1n) is 6.05. The SMILES string of the molecule is CCN(CC)C[C@H](O)COc1cc(Cl)ccc1Cl. The van der Waals surface area contributed by atoms with Crippen LogP contribution in [0.3, 0.4) is 0 Å². The molecule has 1 aromatic carbocycles. The molecule has 1 N–H and O–H groups in total. The Morgan fingerprint density at radius 1 is 1.28 bits per heavy atom. The van der Waals surface area contributed by atoms with E-state index in [1.54, 1.807) is 18.2 Å². The zero-order valence-electron chi connectivity index (χ0n) is 10.7. The van der Waals surface area contributed by atoms with E-state index >= 15 is 0 Å². The molecule has 0 unspecified atom stereocenters. The molecule has 0 saturated heterocycles. The van der Waals surface area contributed by atoms with E-state index in [2.05, 4.69) is 18.7 Å². The van der Waals surface area contributed by atoms with Crippen molar-refractivity contribution in [1.82, 2.24) is 4.90 Å². The average Bonchev–Trinajstić information content (AvgIpc) is 2.37. The topological polar surface area (TPSA) is 32.7 Å². The van der Waals surface area contributed by atoms with Crippen molar-refractivity contribution in [3.05, 3.63) is 28.2 Å². The summed E-state index contributed by atoms with van der Waals surface area (Å²) in [5.74, 6) is 0.503. The van der Waals surface area contributed by atoms with Crippen LogP contribution in [0.4, 0.5) is 0 Å². The number of hydrogen-bond donors (Lipinski definition) is 1. The lowest BCUT2D eigenvalue weighted by atomic mass is 10.3. The van der Waals surface area contributed by atoms with Gasteiger partial charge in [-0.2, -0.15) is 0 Å². The first-order chi connectivity index (χ1) is 8.56. The molecule has 0 saturated carbocycles. The number of likely N-dealkylation sites (N-methyl/N-ethyl adjacent to an activating group) is 1. The summed E-state index contributed by atoms with van der Waals surface area (Å²) in [5.41, 5.74) is 0. The minimum Gasteiger partial charge on any atom is -0.489 e. The number of hydrogen-bond acceptors (Lipinski definition) is 3. The van der Waals surface area contributed by atoms with Crippen LogP contribution in [0.25, 0.3) is 0 Å². The second kappa shape index (κ2) is 7.85. The van der Waals surface area contributed by atoms with Gasteiger partial charge in [-0.15, -0.1) is 0 Å². The summed E-state index contributed by atoms with van der Waals surface area (Å²) in [6.45, 7) is 6.73. The van der Waals surface area contributed by atoms with Crippen LogP contribution in [0, 0.1) is 0 Å². The van der Waals surface area contributed by atoms with Crippen molar-refractivity contribution >= 4 is 23.2 Å². The van der Waals surface area contributed by atoms with E-state index in [0.717, 1.165) is 13.1 Å². The Morgan fingerprint density at radius 3 is 2.56 bits per heavy atom. The highest BCUT2D eigenvalue weighted by Gasteiger charge is 2.11. The lowest BCUT2D eigenvalue weighted by Crippen LogP contribution is -2.35. The molecule has 0 aromatic heterocycles. The fourth-order valence-corrected chi connectivity index (χ4v) is 1.94. The van der Waals surface area contributed by atoms with E-state index in [-0.39, 0.29) is 6.61 Å². The Labute approximate surface area is 118 Å². The number of ether oxygens (including phenoxy) is 1. The third-order valence-corrected chi connectivity index (χ3v) is 3.24. The zero-order chi connectivity index (χ0) is 13.5. The highest BCUT2D eigenvalue weighted by atomic mass is 35.5. The van der Waals surface area contributed by atoms with E-state index < -0.39 is 6.10 Å². The van der Waals surface area contributed by atoms with Crippen LogP contribution in [0.1, 0.15) is 13.8 Å². The van der Waals surface area contributed by atoms with Gasteiger partial charge >= 0.3 is 0 Å². The molecule has 0 aliphatic rings. The van der Waals surface area contributed by atoms with Gasteiger partial charge in [0.2, 0.25) is 0 Å². The van der Waals surface area contributed by atoms with Crippen molar-refractivity contribution in [1.29, 1.82) is 0 Å². The van der Waals surface area contributed by atoms with Crippen LogP contribution in [-0.2, 0) is 0 Å². The van der Waals surface area contributed by atoms with Crippen molar-refractivity contribution in [2.75, 3.05) is 26.2 Å². The van der Waals surface area contributed by atoms with Crippen LogP contribution in [0.15, 0.2) is 18.2 Å². The van der Waals surface area contributed by atoms with Crippen molar-refractivity contribution in [2.45, 2.75) is 20.0 Å². The van der Waals surface area contributed by atoms with Crippen molar-refractivity contribution in [3.63, 3.8) is 0 Å². The largest absolute Gasteiger partial charge is 0.489 e. The molecule has 0 aliphatic heterocycles. The number of rotatable bonds is 7. The molecule has 1 aromatic rings. The van der Waals surface area contributed by atoms with Gasteiger partial charge in [0.15, 0.2) is 0 Å². The van der Waals surface area contributed by atoms with E-state index in [1.165, 1.54) is 0 Å². The Bertz CT molecular complexity index is 370. The molecule has 18 heavy (non-hydrogen) atoms. The van der Waals surface area contributed by atoms with E-state index in [4.69, 9.17) is 27.9 Å². The van der Waals surface area contributed by atoms with Gasteiger partial charge in [-0.1, -0.05) is 37.0 Å². The van der Waals surface area contributed by atoms with Crippen LogP contribution >= 0.6 is 23.2 Å². The summed E-state index contributed by atoms with van der Waals surface area (Å²) >= 11 is 11.8. The molecule has 0 amide bonds. The summed E-state index contributed by atoms with van der Waals surface area (Å²) in [6.07, 6.45) is -0.542.